The standard InChI is InChI=1S/C12H11N3O/c13-6-9-1-3-15-7-11(14-12(15)5-9)10-2-4-16-8-10/h1-5,7-8H,6,13H2. The molecule has 0 saturated heterocycles. The Balaban J connectivity index is 2.16. The third-order valence-corrected chi connectivity index (χ3v) is 2.58. The Labute approximate surface area is 92.3 Å². The normalized spacial score (nSPS) is 11.1. The number of furan rings is 1. The molecule has 3 heterocycles. The molecule has 0 atom stereocenters. The fourth-order valence-electron chi connectivity index (χ4n) is 1.70. The number of rotatable bonds is 2. The van der Waals surface area contributed by atoms with Crippen molar-refractivity contribution in [3.8, 4) is 11.3 Å². The minimum absolute atomic E-state index is 0.532. The number of imidazole rings is 1. The summed E-state index contributed by atoms with van der Waals surface area (Å²) in [6.45, 7) is 0.532. The molecule has 80 valence electrons. The Morgan fingerprint density at radius 3 is 3.06 bits per heavy atom. The van der Waals surface area contributed by atoms with Gasteiger partial charge in [0.15, 0.2) is 0 Å². The van der Waals surface area contributed by atoms with E-state index in [1.165, 1.54) is 0 Å². The zero-order valence-electron chi connectivity index (χ0n) is 8.63. The molecule has 4 nitrogen and oxygen atoms in total. The second-order valence-corrected chi connectivity index (χ2v) is 3.64. The number of aromatic nitrogens is 2. The van der Waals surface area contributed by atoms with Gasteiger partial charge in [0.2, 0.25) is 0 Å². The van der Waals surface area contributed by atoms with Gasteiger partial charge in [0.25, 0.3) is 0 Å². The van der Waals surface area contributed by atoms with E-state index < -0.39 is 0 Å². The maximum Gasteiger partial charge on any atom is 0.137 e. The van der Waals surface area contributed by atoms with Crippen molar-refractivity contribution in [2.75, 3.05) is 0 Å². The lowest BCUT2D eigenvalue weighted by Gasteiger charge is -1.96. The van der Waals surface area contributed by atoms with E-state index >= 15 is 0 Å². The van der Waals surface area contributed by atoms with Gasteiger partial charge in [-0.15, -0.1) is 0 Å². The molecule has 0 spiro atoms. The van der Waals surface area contributed by atoms with Crippen LogP contribution in [0.4, 0.5) is 0 Å². The summed E-state index contributed by atoms with van der Waals surface area (Å²) in [6.07, 6.45) is 7.27. The number of hydrogen-bond acceptors (Lipinski definition) is 3. The molecule has 4 heteroatoms. The second-order valence-electron chi connectivity index (χ2n) is 3.64. The lowest BCUT2D eigenvalue weighted by atomic mass is 10.3. The molecular weight excluding hydrogens is 202 g/mol. The monoisotopic (exact) mass is 213 g/mol. The van der Waals surface area contributed by atoms with E-state index in [9.17, 15) is 0 Å². The molecule has 0 fully saturated rings. The van der Waals surface area contributed by atoms with E-state index in [1.807, 2.05) is 35.0 Å². The van der Waals surface area contributed by atoms with Crippen LogP contribution in [0.1, 0.15) is 5.56 Å². The van der Waals surface area contributed by atoms with Gasteiger partial charge in [0.05, 0.1) is 18.2 Å². The van der Waals surface area contributed by atoms with Gasteiger partial charge in [0, 0.05) is 24.5 Å². The first kappa shape index (κ1) is 9.18. The Morgan fingerprint density at radius 1 is 1.38 bits per heavy atom. The summed E-state index contributed by atoms with van der Waals surface area (Å²) in [6, 6.07) is 5.88. The van der Waals surface area contributed by atoms with Gasteiger partial charge in [0.1, 0.15) is 5.65 Å². The van der Waals surface area contributed by atoms with Crippen LogP contribution in [0.3, 0.4) is 0 Å². The minimum atomic E-state index is 0.532. The highest BCUT2D eigenvalue weighted by Gasteiger charge is 2.05. The van der Waals surface area contributed by atoms with Crippen molar-refractivity contribution in [2.24, 2.45) is 5.73 Å². The summed E-state index contributed by atoms with van der Waals surface area (Å²) in [4.78, 5) is 4.51. The molecular formula is C12H11N3O. The Kier molecular flexibility index (Phi) is 2.01. The molecule has 0 aliphatic rings. The van der Waals surface area contributed by atoms with Crippen LogP contribution >= 0.6 is 0 Å². The van der Waals surface area contributed by atoms with E-state index in [4.69, 9.17) is 10.2 Å². The van der Waals surface area contributed by atoms with E-state index in [0.717, 1.165) is 22.5 Å². The van der Waals surface area contributed by atoms with Crippen LogP contribution in [-0.2, 0) is 6.54 Å². The van der Waals surface area contributed by atoms with Crippen LogP contribution in [-0.4, -0.2) is 9.38 Å². The average molecular weight is 213 g/mol. The molecule has 0 bridgehead atoms. The van der Waals surface area contributed by atoms with E-state index in [2.05, 4.69) is 4.98 Å². The quantitative estimate of drug-likeness (QED) is 0.708. The first-order chi connectivity index (χ1) is 7.86. The highest BCUT2D eigenvalue weighted by molar-refractivity contribution is 5.61. The van der Waals surface area contributed by atoms with Crippen molar-refractivity contribution in [1.29, 1.82) is 0 Å². The summed E-state index contributed by atoms with van der Waals surface area (Å²) in [5.74, 6) is 0. The van der Waals surface area contributed by atoms with Crippen molar-refractivity contribution in [3.63, 3.8) is 0 Å². The topological polar surface area (TPSA) is 56.5 Å². The fourth-order valence-corrected chi connectivity index (χ4v) is 1.70. The first-order valence-electron chi connectivity index (χ1n) is 5.07. The van der Waals surface area contributed by atoms with Crippen molar-refractivity contribution in [1.82, 2.24) is 9.38 Å². The van der Waals surface area contributed by atoms with Crippen molar-refractivity contribution >= 4 is 5.65 Å². The van der Waals surface area contributed by atoms with Crippen LogP contribution in [0.2, 0.25) is 0 Å². The molecule has 3 aromatic heterocycles. The first-order valence-corrected chi connectivity index (χ1v) is 5.07. The summed E-state index contributed by atoms with van der Waals surface area (Å²) in [7, 11) is 0. The van der Waals surface area contributed by atoms with Gasteiger partial charge in [-0.1, -0.05) is 0 Å². The van der Waals surface area contributed by atoms with Gasteiger partial charge < -0.3 is 14.6 Å². The molecule has 0 radical (unpaired) electrons. The van der Waals surface area contributed by atoms with E-state index in [-0.39, 0.29) is 0 Å². The number of fused-ring (bicyclic) bond motifs is 1. The summed E-state index contributed by atoms with van der Waals surface area (Å²) >= 11 is 0. The second kappa shape index (κ2) is 3.50. The van der Waals surface area contributed by atoms with Gasteiger partial charge >= 0.3 is 0 Å². The Hall–Kier alpha value is -2.07. The number of nitrogens with two attached hydrogens (primary N) is 1. The molecule has 2 N–H and O–H groups in total. The van der Waals surface area contributed by atoms with E-state index in [1.54, 1.807) is 12.5 Å². The highest BCUT2D eigenvalue weighted by Crippen LogP contribution is 2.19. The van der Waals surface area contributed by atoms with E-state index in [0.29, 0.717) is 6.54 Å². The van der Waals surface area contributed by atoms with Crippen LogP contribution in [0.15, 0.2) is 47.5 Å². The summed E-state index contributed by atoms with van der Waals surface area (Å²) in [5.41, 5.74) is 9.46. The molecule has 16 heavy (non-hydrogen) atoms. The molecule has 3 aromatic rings. The molecule has 3 rings (SSSR count). The Bertz CT molecular complexity index is 610. The molecule has 0 saturated carbocycles. The van der Waals surface area contributed by atoms with Gasteiger partial charge in [-0.2, -0.15) is 0 Å². The maximum atomic E-state index is 5.59. The molecule has 0 aliphatic carbocycles. The van der Waals surface area contributed by atoms with Crippen molar-refractivity contribution < 1.29 is 4.42 Å². The van der Waals surface area contributed by atoms with Gasteiger partial charge in [-0.05, 0) is 23.8 Å². The maximum absolute atomic E-state index is 5.59. The predicted octanol–water partition coefficient (Wildman–Crippen LogP) is 2.05. The van der Waals surface area contributed by atoms with Gasteiger partial charge in [-0.25, -0.2) is 4.98 Å². The van der Waals surface area contributed by atoms with Crippen molar-refractivity contribution in [3.05, 3.63) is 48.7 Å². The number of nitrogens with zero attached hydrogens (tertiary/aromatic N) is 2. The molecule has 0 aromatic carbocycles. The number of hydrogen-bond donors (Lipinski definition) is 1. The lowest BCUT2D eigenvalue weighted by Crippen LogP contribution is -1.96. The summed E-state index contributed by atoms with van der Waals surface area (Å²) in [5, 5.41) is 0. The number of pyridine rings is 1. The van der Waals surface area contributed by atoms with Crippen LogP contribution < -0.4 is 5.73 Å². The van der Waals surface area contributed by atoms with Crippen LogP contribution in [0.5, 0.6) is 0 Å². The van der Waals surface area contributed by atoms with Crippen molar-refractivity contribution in [2.45, 2.75) is 6.54 Å². The van der Waals surface area contributed by atoms with Crippen LogP contribution in [0.25, 0.3) is 16.9 Å². The Morgan fingerprint density at radius 2 is 2.31 bits per heavy atom. The third kappa shape index (κ3) is 1.40. The predicted molar refractivity (Wildman–Crippen MR) is 60.8 cm³/mol. The van der Waals surface area contributed by atoms with Gasteiger partial charge in [-0.3, -0.25) is 0 Å². The van der Waals surface area contributed by atoms with Crippen LogP contribution in [0, 0.1) is 0 Å². The molecule has 0 unspecified atom stereocenters. The summed E-state index contributed by atoms with van der Waals surface area (Å²) < 4.78 is 7.01. The minimum Gasteiger partial charge on any atom is -0.472 e. The third-order valence-electron chi connectivity index (χ3n) is 2.58. The fraction of sp³-hybridized carbons (Fsp3) is 0.0833. The average Bonchev–Trinajstić information content (AvgIpc) is 2.96. The zero-order chi connectivity index (χ0) is 11.0. The lowest BCUT2D eigenvalue weighted by molar-refractivity contribution is 0.568. The highest BCUT2D eigenvalue weighted by atomic mass is 16.3. The SMILES string of the molecule is NCc1ccn2cc(-c3ccoc3)nc2c1. The molecule has 0 aliphatic heterocycles. The molecule has 0 amide bonds. The smallest absolute Gasteiger partial charge is 0.137 e. The zero-order valence-corrected chi connectivity index (χ0v) is 8.63. The largest absolute Gasteiger partial charge is 0.472 e.